The zero-order valence-corrected chi connectivity index (χ0v) is 13.3. The summed E-state index contributed by atoms with van der Waals surface area (Å²) in [6.07, 6.45) is 5.82. The zero-order valence-electron chi connectivity index (χ0n) is 12.4. The highest BCUT2D eigenvalue weighted by Gasteiger charge is 2.32. The van der Waals surface area contributed by atoms with Crippen molar-refractivity contribution in [1.29, 1.82) is 0 Å². The van der Waals surface area contributed by atoms with Crippen molar-refractivity contribution in [3.63, 3.8) is 0 Å². The Labute approximate surface area is 134 Å². The lowest BCUT2D eigenvalue weighted by Gasteiger charge is -2.31. The van der Waals surface area contributed by atoms with Gasteiger partial charge in [-0.05, 0) is 36.6 Å². The summed E-state index contributed by atoms with van der Waals surface area (Å²) >= 11 is 1.63. The lowest BCUT2D eigenvalue weighted by Crippen LogP contribution is -2.41. The van der Waals surface area contributed by atoms with Crippen LogP contribution in [0.3, 0.4) is 0 Å². The second-order valence-electron chi connectivity index (χ2n) is 6.01. The molecule has 0 atom stereocenters. The van der Waals surface area contributed by atoms with E-state index in [0.29, 0.717) is 6.04 Å². The number of carbonyl (C=O) groups excluding carboxylic acids is 1. The van der Waals surface area contributed by atoms with E-state index in [2.05, 4.69) is 14.8 Å². The summed E-state index contributed by atoms with van der Waals surface area (Å²) in [4.78, 5) is 22.6. The predicted molar refractivity (Wildman–Crippen MR) is 88.0 cm³/mol. The second-order valence-corrected chi connectivity index (χ2v) is 6.92. The van der Waals surface area contributed by atoms with Gasteiger partial charge in [-0.25, -0.2) is 0 Å². The molecule has 2 bridgehead atoms. The molecule has 3 saturated heterocycles. The third-order valence-corrected chi connectivity index (χ3v) is 5.71. The van der Waals surface area contributed by atoms with Gasteiger partial charge in [0.2, 0.25) is 0 Å². The summed E-state index contributed by atoms with van der Waals surface area (Å²) in [5.41, 5.74) is 1.96. The Bertz CT molecular complexity index is 662. The summed E-state index contributed by atoms with van der Waals surface area (Å²) < 4.78 is 0. The zero-order chi connectivity index (χ0) is 14.9. The molecule has 4 nitrogen and oxygen atoms in total. The number of thiophene rings is 1. The van der Waals surface area contributed by atoms with Crippen LogP contribution < -0.4 is 0 Å². The van der Waals surface area contributed by atoms with Gasteiger partial charge in [-0.1, -0.05) is 0 Å². The number of carbonyl (C=O) groups is 1. The standard InChI is InChI=1S/C17H19N3OS/c21-17(20-10-9-19-7-3-15(20)4-8-19)14-11-16(22-12-14)13-1-5-18-6-2-13/h1-2,5-6,11-12,15H,3-4,7-10H2. The molecule has 3 aliphatic heterocycles. The van der Waals surface area contributed by atoms with Crippen LogP contribution in [-0.4, -0.2) is 52.9 Å². The van der Waals surface area contributed by atoms with E-state index in [1.807, 2.05) is 23.6 Å². The van der Waals surface area contributed by atoms with E-state index in [9.17, 15) is 4.79 Å². The number of amides is 1. The fourth-order valence-corrected chi connectivity index (χ4v) is 4.33. The van der Waals surface area contributed by atoms with Crippen molar-refractivity contribution in [3.05, 3.63) is 41.5 Å². The van der Waals surface area contributed by atoms with E-state index in [-0.39, 0.29) is 5.91 Å². The van der Waals surface area contributed by atoms with Crippen molar-refractivity contribution in [2.45, 2.75) is 18.9 Å². The molecule has 5 heteroatoms. The van der Waals surface area contributed by atoms with Gasteiger partial charge in [0.15, 0.2) is 0 Å². The first-order chi connectivity index (χ1) is 10.8. The lowest BCUT2D eigenvalue weighted by atomic mass is 10.0. The molecule has 3 fully saturated rings. The summed E-state index contributed by atoms with van der Waals surface area (Å²) in [5.74, 6) is 0.199. The number of hydrogen-bond acceptors (Lipinski definition) is 4. The fraction of sp³-hybridized carbons (Fsp3) is 0.412. The highest BCUT2D eigenvalue weighted by atomic mass is 32.1. The van der Waals surface area contributed by atoms with Crippen molar-refractivity contribution < 1.29 is 4.79 Å². The number of pyridine rings is 1. The van der Waals surface area contributed by atoms with Gasteiger partial charge in [0.1, 0.15) is 0 Å². The van der Waals surface area contributed by atoms with E-state index in [1.54, 1.807) is 23.7 Å². The van der Waals surface area contributed by atoms with Gasteiger partial charge in [-0.15, -0.1) is 11.3 Å². The summed E-state index contributed by atoms with van der Waals surface area (Å²) in [6, 6.07) is 6.43. The van der Waals surface area contributed by atoms with Gasteiger partial charge in [-0.2, -0.15) is 0 Å². The van der Waals surface area contributed by atoms with Crippen molar-refractivity contribution in [1.82, 2.24) is 14.8 Å². The van der Waals surface area contributed by atoms with Gasteiger partial charge < -0.3 is 9.80 Å². The van der Waals surface area contributed by atoms with E-state index >= 15 is 0 Å². The highest BCUT2D eigenvalue weighted by Crippen LogP contribution is 2.29. The third-order valence-electron chi connectivity index (χ3n) is 4.73. The van der Waals surface area contributed by atoms with E-state index in [4.69, 9.17) is 0 Å². The highest BCUT2D eigenvalue weighted by molar-refractivity contribution is 7.13. The Balaban J connectivity index is 1.57. The molecule has 2 aromatic heterocycles. The molecule has 3 aliphatic rings. The Morgan fingerprint density at radius 3 is 2.68 bits per heavy atom. The second kappa shape index (κ2) is 5.82. The van der Waals surface area contributed by atoms with Gasteiger partial charge in [-0.3, -0.25) is 9.78 Å². The van der Waals surface area contributed by atoms with E-state index in [0.717, 1.165) is 55.0 Å². The predicted octanol–water partition coefficient (Wildman–Crippen LogP) is 2.73. The molecule has 1 amide bonds. The molecular formula is C17H19N3OS. The van der Waals surface area contributed by atoms with Crippen LogP contribution in [0.25, 0.3) is 10.4 Å². The van der Waals surface area contributed by atoms with Crippen LogP contribution in [0.5, 0.6) is 0 Å². The first-order valence-electron chi connectivity index (χ1n) is 7.83. The number of fused-ring (bicyclic) bond motifs is 4. The minimum Gasteiger partial charge on any atom is -0.334 e. The van der Waals surface area contributed by atoms with Crippen LogP contribution in [0.1, 0.15) is 23.2 Å². The monoisotopic (exact) mass is 313 g/mol. The van der Waals surface area contributed by atoms with Crippen LogP contribution in [0.15, 0.2) is 36.0 Å². The molecule has 0 saturated carbocycles. The van der Waals surface area contributed by atoms with Crippen molar-refractivity contribution in [2.24, 2.45) is 0 Å². The molecule has 0 aliphatic carbocycles. The molecule has 0 N–H and O–H groups in total. The Kier molecular flexibility index (Phi) is 3.68. The maximum absolute atomic E-state index is 12.9. The summed E-state index contributed by atoms with van der Waals surface area (Å²) in [7, 11) is 0. The average molecular weight is 313 g/mol. The molecule has 2 aromatic rings. The number of hydrogen-bond donors (Lipinski definition) is 0. The van der Waals surface area contributed by atoms with Crippen LogP contribution >= 0.6 is 11.3 Å². The summed E-state index contributed by atoms with van der Waals surface area (Å²) in [6.45, 7) is 4.16. The van der Waals surface area contributed by atoms with Crippen molar-refractivity contribution >= 4 is 17.2 Å². The van der Waals surface area contributed by atoms with Crippen LogP contribution in [-0.2, 0) is 0 Å². The van der Waals surface area contributed by atoms with Crippen LogP contribution in [0.4, 0.5) is 0 Å². The third kappa shape index (κ3) is 2.55. The molecule has 5 rings (SSSR count). The maximum atomic E-state index is 12.9. The fourth-order valence-electron chi connectivity index (χ4n) is 3.44. The molecule has 0 unspecified atom stereocenters. The van der Waals surface area contributed by atoms with E-state index in [1.165, 1.54) is 0 Å². The Hall–Kier alpha value is -1.72. The van der Waals surface area contributed by atoms with Gasteiger partial charge in [0.25, 0.3) is 5.91 Å². The SMILES string of the molecule is O=C(c1csc(-c2ccncc2)c1)N1CCN2CCC1CC2. The van der Waals surface area contributed by atoms with E-state index < -0.39 is 0 Å². The molecule has 22 heavy (non-hydrogen) atoms. The van der Waals surface area contributed by atoms with Gasteiger partial charge in [0, 0.05) is 54.9 Å². The van der Waals surface area contributed by atoms with Crippen molar-refractivity contribution in [3.8, 4) is 10.4 Å². The van der Waals surface area contributed by atoms with Crippen LogP contribution in [0, 0.1) is 0 Å². The quantitative estimate of drug-likeness (QED) is 0.855. The summed E-state index contributed by atoms with van der Waals surface area (Å²) in [5, 5.41) is 2.00. The maximum Gasteiger partial charge on any atom is 0.255 e. The largest absolute Gasteiger partial charge is 0.334 e. The first kappa shape index (κ1) is 13.9. The van der Waals surface area contributed by atoms with Gasteiger partial charge >= 0.3 is 0 Å². The van der Waals surface area contributed by atoms with Gasteiger partial charge in [0.05, 0.1) is 5.56 Å². The van der Waals surface area contributed by atoms with Crippen LogP contribution in [0.2, 0.25) is 0 Å². The Morgan fingerprint density at radius 2 is 1.91 bits per heavy atom. The smallest absolute Gasteiger partial charge is 0.255 e. The number of piperidine rings is 1. The number of rotatable bonds is 2. The minimum atomic E-state index is 0.199. The molecule has 0 aromatic carbocycles. The molecular weight excluding hydrogens is 294 g/mol. The average Bonchev–Trinajstić information content (AvgIpc) is 2.88. The number of aromatic nitrogens is 1. The normalized spacial score (nSPS) is 24.3. The molecule has 0 radical (unpaired) electrons. The molecule has 0 spiro atoms. The minimum absolute atomic E-state index is 0.199. The van der Waals surface area contributed by atoms with Crippen molar-refractivity contribution in [2.75, 3.05) is 26.2 Å². The molecule has 114 valence electrons. The number of nitrogens with zero attached hydrogens (tertiary/aromatic N) is 3. The lowest BCUT2D eigenvalue weighted by molar-refractivity contribution is 0.0685. The molecule has 5 heterocycles. The first-order valence-corrected chi connectivity index (χ1v) is 8.71. The Morgan fingerprint density at radius 1 is 1.14 bits per heavy atom. The topological polar surface area (TPSA) is 36.4 Å².